The Balaban J connectivity index is 2.48. The summed E-state index contributed by atoms with van der Waals surface area (Å²) in [5.74, 6) is -0.664. The van der Waals surface area contributed by atoms with Crippen LogP contribution < -0.4 is 5.73 Å². The van der Waals surface area contributed by atoms with Crippen LogP contribution in [0.1, 0.15) is 33.6 Å². The first kappa shape index (κ1) is 15.3. The zero-order valence-corrected chi connectivity index (χ0v) is 12.0. The van der Waals surface area contributed by atoms with Crippen molar-refractivity contribution in [2.24, 2.45) is 5.73 Å². The Kier molecular flexibility index (Phi) is 5.04. The number of nitrogens with zero attached hydrogens (tertiary/aromatic N) is 1. The van der Waals surface area contributed by atoms with Gasteiger partial charge in [-0.15, -0.1) is 11.8 Å². The largest absolute Gasteiger partial charge is 0.480 e. The first-order chi connectivity index (χ1) is 8.29. The van der Waals surface area contributed by atoms with Crippen molar-refractivity contribution in [3.05, 3.63) is 0 Å². The molecule has 0 heterocycles. The lowest BCUT2D eigenvalue weighted by Crippen LogP contribution is -2.47. The summed E-state index contributed by atoms with van der Waals surface area (Å²) < 4.78 is -0.648. The Labute approximate surface area is 112 Å². The average molecular weight is 274 g/mol. The number of carboxylic acids is 1. The third-order valence-corrected chi connectivity index (χ3v) is 4.62. The molecule has 0 unspecified atom stereocenters. The fourth-order valence-corrected chi connectivity index (χ4v) is 2.68. The SMILES string of the molecule is CCN(C(=O)CSC(C)(C)[C@@H](N)C(=O)O)C1CC1. The molecule has 0 aromatic rings. The lowest BCUT2D eigenvalue weighted by Gasteiger charge is -2.29. The molecule has 0 saturated heterocycles. The van der Waals surface area contributed by atoms with Crippen LogP contribution in [0.3, 0.4) is 0 Å². The van der Waals surface area contributed by atoms with Gasteiger partial charge in [0.2, 0.25) is 5.91 Å². The summed E-state index contributed by atoms with van der Waals surface area (Å²) in [7, 11) is 0. The van der Waals surface area contributed by atoms with Gasteiger partial charge in [-0.3, -0.25) is 9.59 Å². The number of hydrogen-bond donors (Lipinski definition) is 2. The molecule has 0 aliphatic heterocycles. The smallest absolute Gasteiger partial charge is 0.321 e. The van der Waals surface area contributed by atoms with E-state index in [4.69, 9.17) is 10.8 Å². The summed E-state index contributed by atoms with van der Waals surface area (Å²) in [5, 5.41) is 8.90. The maximum atomic E-state index is 12.0. The lowest BCUT2D eigenvalue weighted by molar-refractivity contribution is -0.139. The van der Waals surface area contributed by atoms with Gasteiger partial charge in [-0.1, -0.05) is 0 Å². The molecular weight excluding hydrogens is 252 g/mol. The van der Waals surface area contributed by atoms with Crippen molar-refractivity contribution in [2.45, 2.75) is 50.4 Å². The summed E-state index contributed by atoms with van der Waals surface area (Å²) in [5.41, 5.74) is 5.62. The Hall–Kier alpha value is -0.750. The van der Waals surface area contributed by atoms with Gasteiger partial charge in [0.15, 0.2) is 0 Å². The number of amides is 1. The average Bonchev–Trinajstić information content (AvgIpc) is 3.10. The van der Waals surface area contributed by atoms with Gasteiger partial charge >= 0.3 is 5.97 Å². The minimum atomic E-state index is -1.03. The Morgan fingerprint density at radius 3 is 2.44 bits per heavy atom. The van der Waals surface area contributed by atoms with Crippen molar-refractivity contribution >= 4 is 23.6 Å². The van der Waals surface area contributed by atoms with Gasteiger partial charge in [-0.05, 0) is 33.6 Å². The highest BCUT2D eigenvalue weighted by Crippen LogP contribution is 2.30. The first-order valence-electron chi connectivity index (χ1n) is 6.21. The summed E-state index contributed by atoms with van der Waals surface area (Å²) in [6, 6.07) is -0.564. The third kappa shape index (κ3) is 3.88. The number of thioether (sulfide) groups is 1. The van der Waals surface area contributed by atoms with Gasteiger partial charge < -0.3 is 15.7 Å². The summed E-state index contributed by atoms with van der Waals surface area (Å²) >= 11 is 1.32. The molecule has 1 aliphatic rings. The van der Waals surface area contributed by atoms with Gasteiger partial charge in [0.25, 0.3) is 0 Å². The first-order valence-corrected chi connectivity index (χ1v) is 7.20. The van der Waals surface area contributed by atoms with Gasteiger partial charge in [-0.25, -0.2) is 0 Å². The predicted octanol–water partition coefficient (Wildman–Crippen LogP) is 0.921. The van der Waals surface area contributed by atoms with E-state index >= 15 is 0 Å². The molecule has 0 bridgehead atoms. The Bertz CT molecular complexity index is 329. The van der Waals surface area contributed by atoms with Crippen molar-refractivity contribution in [1.82, 2.24) is 4.90 Å². The van der Waals surface area contributed by atoms with Gasteiger partial charge in [-0.2, -0.15) is 0 Å². The molecule has 1 amide bonds. The number of carboxylic acid groups (broad SMARTS) is 1. The molecule has 1 rings (SSSR count). The molecule has 1 saturated carbocycles. The van der Waals surface area contributed by atoms with E-state index in [1.807, 2.05) is 11.8 Å². The minimum absolute atomic E-state index is 0.0793. The maximum Gasteiger partial charge on any atom is 0.321 e. The second-order valence-electron chi connectivity index (χ2n) is 5.12. The van der Waals surface area contributed by atoms with Crippen LogP contribution in [0.15, 0.2) is 0 Å². The molecular formula is C12H22N2O3S. The summed E-state index contributed by atoms with van der Waals surface area (Å²) in [6.45, 7) is 6.21. The van der Waals surface area contributed by atoms with Crippen LogP contribution >= 0.6 is 11.8 Å². The van der Waals surface area contributed by atoms with Crippen LogP contribution in [0, 0.1) is 0 Å². The number of carbonyl (C=O) groups excluding carboxylic acids is 1. The fourth-order valence-electron chi connectivity index (χ4n) is 1.74. The number of aliphatic carboxylic acids is 1. The molecule has 0 spiro atoms. The molecule has 3 N–H and O–H groups in total. The molecule has 1 fully saturated rings. The van der Waals surface area contributed by atoms with Gasteiger partial charge in [0, 0.05) is 17.3 Å². The van der Waals surface area contributed by atoms with E-state index in [1.54, 1.807) is 13.8 Å². The van der Waals surface area contributed by atoms with Crippen molar-refractivity contribution in [3.8, 4) is 0 Å². The second-order valence-corrected chi connectivity index (χ2v) is 6.75. The van der Waals surface area contributed by atoms with E-state index in [9.17, 15) is 9.59 Å². The van der Waals surface area contributed by atoms with Crippen LogP contribution in [-0.2, 0) is 9.59 Å². The second kappa shape index (κ2) is 5.93. The van der Waals surface area contributed by atoms with E-state index in [1.165, 1.54) is 11.8 Å². The molecule has 104 valence electrons. The normalized spacial score (nSPS) is 17.3. The van der Waals surface area contributed by atoms with Crippen molar-refractivity contribution < 1.29 is 14.7 Å². The number of carbonyl (C=O) groups is 2. The van der Waals surface area contributed by atoms with Crippen LogP contribution in [0.25, 0.3) is 0 Å². The quantitative estimate of drug-likeness (QED) is 0.721. The van der Waals surface area contributed by atoms with Crippen LogP contribution in [0.5, 0.6) is 0 Å². The van der Waals surface area contributed by atoms with Gasteiger partial charge in [0.05, 0.1) is 5.75 Å². The molecule has 0 radical (unpaired) electrons. The summed E-state index contributed by atoms with van der Waals surface area (Å²) in [6.07, 6.45) is 2.17. The van der Waals surface area contributed by atoms with Crippen molar-refractivity contribution in [1.29, 1.82) is 0 Å². The molecule has 6 heteroatoms. The Morgan fingerprint density at radius 2 is 2.06 bits per heavy atom. The third-order valence-electron chi connectivity index (χ3n) is 3.23. The van der Waals surface area contributed by atoms with Crippen molar-refractivity contribution in [3.63, 3.8) is 0 Å². The van der Waals surface area contributed by atoms with Crippen LogP contribution in [-0.4, -0.2) is 51.0 Å². The molecule has 18 heavy (non-hydrogen) atoms. The van der Waals surface area contributed by atoms with Gasteiger partial charge in [0.1, 0.15) is 6.04 Å². The van der Waals surface area contributed by atoms with E-state index in [2.05, 4.69) is 0 Å². The predicted molar refractivity (Wildman–Crippen MR) is 72.6 cm³/mol. The minimum Gasteiger partial charge on any atom is -0.480 e. The molecule has 5 nitrogen and oxygen atoms in total. The monoisotopic (exact) mass is 274 g/mol. The van der Waals surface area contributed by atoms with E-state index < -0.39 is 16.8 Å². The van der Waals surface area contributed by atoms with E-state index in [-0.39, 0.29) is 11.7 Å². The van der Waals surface area contributed by atoms with E-state index in [0.29, 0.717) is 6.04 Å². The van der Waals surface area contributed by atoms with Crippen molar-refractivity contribution in [2.75, 3.05) is 12.3 Å². The number of hydrogen-bond acceptors (Lipinski definition) is 4. The topological polar surface area (TPSA) is 83.6 Å². The highest BCUT2D eigenvalue weighted by atomic mass is 32.2. The fraction of sp³-hybridized carbons (Fsp3) is 0.833. The highest BCUT2D eigenvalue weighted by molar-refractivity contribution is 8.01. The molecule has 0 aromatic heterocycles. The molecule has 0 aromatic carbocycles. The molecule has 1 aliphatic carbocycles. The zero-order chi connectivity index (χ0) is 13.9. The molecule has 1 atom stereocenters. The standard InChI is InChI=1S/C12H22N2O3S/c1-4-14(8-5-6-8)9(15)7-18-12(2,3)10(13)11(16)17/h8,10H,4-7,13H2,1-3H3,(H,16,17)/t10-/m0/s1. The zero-order valence-electron chi connectivity index (χ0n) is 11.2. The number of rotatable bonds is 7. The van der Waals surface area contributed by atoms with Crippen LogP contribution in [0.4, 0.5) is 0 Å². The number of nitrogens with two attached hydrogens (primary N) is 1. The highest BCUT2D eigenvalue weighted by Gasteiger charge is 2.35. The van der Waals surface area contributed by atoms with E-state index in [0.717, 1.165) is 19.4 Å². The Morgan fingerprint density at radius 1 is 1.50 bits per heavy atom. The summed E-state index contributed by atoms with van der Waals surface area (Å²) in [4.78, 5) is 24.7. The lowest BCUT2D eigenvalue weighted by atomic mass is 10.1. The van der Waals surface area contributed by atoms with Crippen LogP contribution in [0.2, 0.25) is 0 Å². The maximum absolute atomic E-state index is 12.0.